The Morgan fingerprint density at radius 2 is 2.00 bits per heavy atom. The minimum atomic E-state index is -0.758. The maximum absolute atomic E-state index is 4.85. The van der Waals surface area contributed by atoms with Gasteiger partial charge < -0.3 is 5.32 Å². The van der Waals surface area contributed by atoms with Gasteiger partial charge in [-0.2, -0.15) is 0 Å². The van der Waals surface area contributed by atoms with Crippen LogP contribution in [0.2, 0.25) is 0 Å². The van der Waals surface area contributed by atoms with Crippen LogP contribution in [-0.4, -0.2) is 42.5 Å². The molecule has 1 fully saturated rings. The van der Waals surface area contributed by atoms with Crippen molar-refractivity contribution in [1.82, 2.24) is 9.62 Å². The molecule has 0 aromatic rings. The monoisotopic (exact) mass is 222 g/mol. The largest absolute Gasteiger partial charge is 0.314 e. The fraction of sp³-hybridized carbons (Fsp3) is 1.00. The molecule has 1 rings (SSSR count). The van der Waals surface area contributed by atoms with Crippen LogP contribution in [0, 0.1) is 0 Å². The fourth-order valence-electron chi connectivity index (χ4n) is 1.58. The standard InChI is InChI=1S/C9H22N2S2/c1-3-4-9-13(2,12)11-7-5-10-6-8-11/h10,12H,3-9H2,1-2H3. The third kappa shape index (κ3) is 3.70. The van der Waals surface area contributed by atoms with Crippen LogP contribution in [0.15, 0.2) is 0 Å². The van der Waals surface area contributed by atoms with Crippen molar-refractivity contribution in [3.05, 3.63) is 0 Å². The summed E-state index contributed by atoms with van der Waals surface area (Å²) in [5.74, 6) is 1.28. The molecule has 1 aliphatic heterocycles. The molecule has 0 spiro atoms. The summed E-state index contributed by atoms with van der Waals surface area (Å²) < 4.78 is 2.57. The molecule has 0 bridgehead atoms. The predicted molar refractivity (Wildman–Crippen MR) is 66.7 cm³/mol. The molecule has 0 radical (unpaired) electrons. The number of thiol groups is 1. The third-order valence-electron chi connectivity index (χ3n) is 2.52. The molecule has 2 nitrogen and oxygen atoms in total. The second-order valence-corrected chi connectivity index (χ2v) is 9.00. The molecule has 1 aliphatic rings. The molecule has 0 aromatic carbocycles. The maximum atomic E-state index is 4.85. The van der Waals surface area contributed by atoms with Crippen LogP contribution in [0.1, 0.15) is 19.8 Å². The quantitative estimate of drug-likeness (QED) is 0.558. The van der Waals surface area contributed by atoms with Crippen molar-refractivity contribution in [2.75, 3.05) is 38.2 Å². The number of unbranched alkanes of at least 4 members (excludes halogenated alkanes) is 1. The summed E-state index contributed by atoms with van der Waals surface area (Å²) in [5, 5.41) is 3.38. The minimum absolute atomic E-state index is 0.758. The summed E-state index contributed by atoms with van der Waals surface area (Å²) in [6.45, 7) is 6.88. The Bertz CT molecular complexity index is 145. The Kier molecular flexibility index (Phi) is 4.94. The first-order chi connectivity index (χ1) is 6.17. The SMILES string of the molecule is CCCCS(C)(S)N1CCNCC1. The topological polar surface area (TPSA) is 15.3 Å². The lowest BCUT2D eigenvalue weighted by Gasteiger charge is -2.44. The Morgan fingerprint density at radius 1 is 1.38 bits per heavy atom. The molecule has 1 unspecified atom stereocenters. The lowest BCUT2D eigenvalue weighted by Crippen LogP contribution is -2.43. The van der Waals surface area contributed by atoms with Crippen LogP contribution < -0.4 is 5.32 Å². The fourth-order valence-corrected chi connectivity index (χ4v) is 4.52. The first-order valence-corrected chi connectivity index (χ1v) is 8.33. The van der Waals surface area contributed by atoms with Crippen molar-refractivity contribution in [3.8, 4) is 0 Å². The van der Waals surface area contributed by atoms with E-state index in [2.05, 4.69) is 22.8 Å². The van der Waals surface area contributed by atoms with E-state index >= 15 is 0 Å². The Morgan fingerprint density at radius 3 is 2.54 bits per heavy atom. The van der Waals surface area contributed by atoms with Gasteiger partial charge >= 0.3 is 0 Å². The van der Waals surface area contributed by atoms with E-state index in [1.807, 2.05) is 0 Å². The zero-order chi connectivity index (χ0) is 9.73. The highest BCUT2D eigenvalue weighted by Crippen LogP contribution is 2.52. The average molecular weight is 222 g/mol. The highest BCUT2D eigenvalue weighted by Gasteiger charge is 2.23. The van der Waals surface area contributed by atoms with E-state index in [-0.39, 0.29) is 0 Å². The summed E-state index contributed by atoms with van der Waals surface area (Å²) in [6, 6.07) is 0. The molecular weight excluding hydrogens is 200 g/mol. The molecule has 4 heteroatoms. The summed E-state index contributed by atoms with van der Waals surface area (Å²) in [4.78, 5) is 0. The normalized spacial score (nSPS) is 26.7. The molecule has 80 valence electrons. The second-order valence-electron chi connectivity index (χ2n) is 3.73. The average Bonchev–Trinajstić information content (AvgIpc) is 2.16. The Hall–Kier alpha value is 0.620. The minimum Gasteiger partial charge on any atom is -0.314 e. The lowest BCUT2D eigenvalue weighted by atomic mass is 10.4. The van der Waals surface area contributed by atoms with Crippen LogP contribution in [-0.2, 0) is 0 Å². The van der Waals surface area contributed by atoms with Crippen molar-refractivity contribution < 1.29 is 0 Å². The van der Waals surface area contributed by atoms with E-state index < -0.39 is 9.25 Å². The van der Waals surface area contributed by atoms with Crippen molar-refractivity contribution in [2.45, 2.75) is 19.8 Å². The molecule has 0 saturated carbocycles. The molecule has 1 heterocycles. The zero-order valence-corrected chi connectivity index (χ0v) is 10.5. The molecular formula is C9H22N2S2. The van der Waals surface area contributed by atoms with Gasteiger partial charge in [0.15, 0.2) is 0 Å². The molecule has 13 heavy (non-hydrogen) atoms. The van der Waals surface area contributed by atoms with E-state index in [0.29, 0.717) is 0 Å². The van der Waals surface area contributed by atoms with Gasteiger partial charge in [0.1, 0.15) is 0 Å². The zero-order valence-electron chi connectivity index (χ0n) is 8.75. The van der Waals surface area contributed by atoms with Gasteiger partial charge in [-0.3, -0.25) is 4.31 Å². The van der Waals surface area contributed by atoms with Crippen LogP contribution in [0.3, 0.4) is 0 Å². The highest BCUT2D eigenvalue weighted by atomic mass is 33.1. The van der Waals surface area contributed by atoms with E-state index in [0.717, 1.165) is 13.1 Å². The Labute approximate surface area is 88.7 Å². The van der Waals surface area contributed by atoms with Gasteiger partial charge in [-0.1, -0.05) is 13.3 Å². The number of hydrogen-bond donors (Lipinski definition) is 2. The van der Waals surface area contributed by atoms with Crippen LogP contribution in [0.5, 0.6) is 0 Å². The van der Waals surface area contributed by atoms with Crippen LogP contribution >= 0.6 is 20.9 Å². The highest BCUT2D eigenvalue weighted by molar-refractivity contribution is 8.86. The summed E-state index contributed by atoms with van der Waals surface area (Å²) in [6.07, 6.45) is 4.94. The number of piperazine rings is 1. The summed E-state index contributed by atoms with van der Waals surface area (Å²) in [7, 11) is -0.758. The van der Waals surface area contributed by atoms with E-state index in [1.165, 1.54) is 31.7 Å². The van der Waals surface area contributed by atoms with Gasteiger partial charge in [-0.05, 0) is 18.4 Å². The van der Waals surface area contributed by atoms with Gasteiger partial charge in [-0.25, -0.2) is 0 Å². The summed E-state index contributed by atoms with van der Waals surface area (Å²) >= 11 is 4.85. The first kappa shape index (κ1) is 11.7. The smallest absolute Gasteiger partial charge is 0.0208 e. The van der Waals surface area contributed by atoms with E-state index in [4.69, 9.17) is 11.7 Å². The van der Waals surface area contributed by atoms with Crippen LogP contribution in [0.4, 0.5) is 0 Å². The van der Waals surface area contributed by atoms with Gasteiger partial charge in [0.25, 0.3) is 0 Å². The van der Waals surface area contributed by atoms with Crippen molar-refractivity contribution >= 4 is 20.9 Å². The molecule has 0 aromatic heterocycles. The molecule has 1 N–H and O–H groups in total. The van der Waals surface area contributed by atoms with Crippen LogP contribution in [0.25, 0.3) is 0 Å². The van der Waals surface area contributed by atoms with Crippen molar-refractivity contribution in [3.63, 3.8) is 0 Å². The van der Waals surface area contributed by atoms with Crippen molar-refractivity contribution in [1.29, 1.82) is 0 Å². The van der Waals surface area contributed by atoms with E-state index in [1.54, 1.807) is 0 Å². The molecule has 1 atom stereocenters. The number of nitrogens with one attached hydrogen (secondary N) is 1. The van der Waals surface area contributed by atoms with Gasteiger partial charge in [0.05, 0.1) is 0 Å². The van der Waals surface area contributed by atoms with Crippen molar-refractivity contribution in [2.24, 2.45) is 0 Å². The van der Waals surface area contributed by atoms with Gasteiger partial charge in [-0.15, -0.1) is 20.9 Å². The third-order valence-corrected chi connectivity index (χ3v) is 6.30. The molecule has 0 amide bonds. The van der Waals surface area contributed by atoms with Gasteiger partial charge in [0.2, 0.25) is 0 Å². The Balaban J connectivity index is 2.36. The lowest BCUT2D eigenvalue weighted by molar-refractivity contribution is 0.391. The molecule has 0 aliphatic carbocycles. The maximum Gasteiger partial charge on any atom is 0.0208 e. The second kappa shape index (κ2) is 5.49. The summed E-state index contributed by atoms with van der Waals surface area (Å²) in [5.41, 5.74) is 0. The van der Waals surface area contributed by atoms with E-state index in [9.17, 15) is 0 Å². The number of rotatable bonds is 4. The predicted octanol–water partition coefficient (Wildman–Crippen LogP) is 1.89. The van der Waals surface area contributed by atoms with Gasteiger partial charge in [0, 0.05) is 26.2 Å². The number of hydrogen-bond acceptors (Lipinski definition) is 3. The first-order valence-electron chi connectivity index (χ1n) is 5.11. The number of nitrogens with zero attached hydrogens (tertiary/aromatic N) is 1. The molecule has 1 saturated heterocycles.